The molecule has 2 aliphatic rings. The highest BCUT2D eigenvalue weighted by Gasteiger charge is 2.35. The first kappa shape index (κ1) is 12.3. The number of nitrogens with zero attached hydrogens (tertiary/aromatic N) is 2. The zero-order valence-corrected chi connectivity index (χ0v) is 10.7. The van der Waals surface area contributed by atoms with Crippen LogP contribution in [0.25, 0.3) is 0 Å². The van der Waals surface area contributed by atoms with Crippen molar-refractivity contribution >= 4 is 5.91 Å². The van der Waals surface area contributed by atoms with Crippen LogP contribution in [0.3, 0.4) is 0 Å². The molecule has 1 atom stereocenters. The van der Waals surface area contributed by atoms with Crippen LogP contribution < -0.4 is 5.56 Å². The van der Waals surface area contributed by atoms with E-state index in [0.717, 1.165) is 39.0 Å². The monoisotopic (exact) mass is 263 g/mol. The number of hydrogen-bond acceptors (Lipinski definition) is 4. The highest BCUT2D eigenvalue weighted by Crippen LogP contribution is 2.29. The van der Waals surface area contributed by atoms with Gasteiger partial charge in [-0.2, -0.15) is 5.10 Å². The van der Waals surface area contributed by atoms with Crippen LogP contribution in [-0.4, -0.2) is 46.8 Å². The minimum absolute atomic E-state index is 0.0920. The largest absolute Gasteiger partial charge is 0.381 e. The van der Waals surface area contributed by atoms with E-state index in [0.29, 0.717) is 17.7 Å². The van der Waals surface area contributed by atoms with Gasteiger partial charge >= 0.3 is 0 Å². The number of H-pyrrole nitrogens is 1. The van der Waals surface area contributed by atoms with Crippen molar-refractivity contribution in [2.45, 2.75) is 25.3 Å². The Labute approximate surface area is 110 Å². The Morgan fingerprint density at radius 2 is 2.26 bits per heavy atom. The Morgan fingerprint density at radius 1 is 1.42 bits per heavy atom. The lowest BCUT2D eigenvalue weighted by Gasteiger charge is -2.24. The van der Waals surface area contributed by atoms with E-state index in [4.69, 9.17) is 4.74 Å². The summed E-state index contributed by atoms with van der Waals surface area (Å²) in [5.74, 6) is 0.331. The number of nitrogens with one attached hydrogen (secondary N) is 1. The van der Waals surface area contributed by atoms with E-state index in [1.54, 1.807) is 0 Å². The van der Waals surface area contributed by atoms with Crippen LogP contribution in [-0.2, 0) is 4.74 Å². The second-order valence-electron chi connectivity index (χ2n) is 5.22. The van der Waals surface area contributed by atoms with E-state index in [2.05, 4.69) is 10.2 Å². The standard InChI is InChI=1S/C13H17N3O3/c17-12-4-3-11(14-15-12)13(18)16(10-1-2-10)7-9-5-6-19-8-9/h3-4,9-10H,1-2,5-8H2,(H,15,17)/t9-/m0/s1. The molecule has 1 aromatic rings. The van der Waals surface area contributed by atoms with E-state index < -0.39 is 0 Å². The van der Waals surface area contributed by atoms with Crippen molar-refractivity contribution in [3.8, 4) is 0 Å². The molecule has 102 valence electrons. The van der Waals surface area contributed by atoms with Gasteiger partial charge in [0.25, 0.3) is 11.5 Å². The molecule has 1 aliphatic heterocycles. The third kappa shape index (κ3) is 2.84. The second kappa shape index (κ2) is 5.13. The molecule has 3 rings (SSSR count). The van der Waals surface area contributed by atoms with Gasteiger partial charge in [0.05, 0.1) is 6.61 Å². The molecule has 0 spiro atoms. The highest BCUT2D eigenvalue weighted by molar-refractivity contribution is 5.92. The Hall–Kier alpha value is -1.69. The third-order valence-electron chi connectivity index (χ3n) is 3.63. The van der Waals surface area contributed by atoms with Crippen molar-refractivity contribution < 1.29 is 9.53 Å². The third-order valence-corrected chi connectivity index (χ3v) is 3.63. The first-order valence-electron chi connectivity index (χ1n) is 6.68. The fourth-order valence-electron chi connectivity index (χ4n) is 2.40. The summed E-state index contributed by atoms with van der Waals surface area (Å²) in [5.41, 5.74) is 0.0177. The minimum Gasteiger partial charge on any atom is -0.381 e. The highest BCUT2D eigenvalue weighted by atomic mass is 16.5. The van der Waals surface area contributed by atoms with E-state index in [9.17, 15) is 9.59 Å². The fourth-order valence-corrected chi connectivity index (χ4v) is 2.40. The molecule has 6 heteroatoms. The SMILES string of the molecule is O=C(c1ccc(=O)[nH]n1)N(C[C@@H]1CCOC1)C1CC1. The first-order valence-corrected chi connectivity index (χ1v) is 6.68. The molecule has 1 amide bonds. The van der Waals surface area contributed by atoms with Gasteiger partial charge in [-0.15, -0.1) is 0 Å². The summed E-state index contributed by atoms with van der Waals surface area (Å²) in [5, 5.41) is 6.13. The van der Waals surface area contributed by atoms with Crippen LogP contribution in [0, 0.1) is 5.92 Å². The molecule has 1 saturated carbocycles. The lowest BCUT2D eigenvalue weighted by Crippen LogP contribution is -2.38. The number of ether oxygens (including phenoxy) is 1. The molecule has 0 bridgehead atoms. The Morgan fingerprint density at radius 3 is 2.84 bits per heavy atom. The minimum atomic E-state index is -0.293. The maximum Gasteiger partial charge on any atom is 0.274 e. The summed E-state index contributed by atoms with van der Waals surface area (Å²) < 4.78 is 5.36. The van der Waals surface area contributed by atoms with E-state index in [-0.39, 0.29) is 11.5 Å². The van der Waals surface area contributed by atoms with Crippen LogP contribution >= 0.6 is 0 Å². The molecule has 19 heavy (non-hydrogen) atoms. The average Bonchev–Trinajstić information content (AvgIpc) is 3.13. The topological polar surface area (TPSA) is 75.3 Å². The summed E-state index contributed by atoms with van der Waals surface area (Å²) in [6, 6.07) is 3.16. The number of carbonyl (C=O) groups is 1. The summed E-state index contributed by atoms with van der Waals surface area (Å²) >= 11 is 0. The predicted octanol–water partition coefficient (Wildman–Crippen LogP) is 0.411. The quantitative estimate of drug-likeness (QED) is 0.853. The number of carbonyl (C=O) groups excluding carboxylic acids is 1. The zero-order valence-electron chi connectivity index (χ0n) is 10.7. The van der Waals surface area contributed by atoms with Crippen molar-refractivity contribution in [3.63, 3.8) is 0 Å². The predicted molar refractivity (Wildman–Crippen MR) is 67.8 cm³/mol. The average molecular weight is 263 g/mol. The van der Waals surface area contributed by atoms with E-state index >= 15 is 0 Å². The molecule has 1 aromatic heterocycles. The number of aromatic nitrogens is 2. The van der Waals surface area contributed by atoms with Crippen molar-refractivity contribution in [1.29, 1.82) is 0 Å². The lowest BCUT2D eigenvalue weighted by molar-refractivity contribution is 0.0699. The van der Waals surface area contributed by atoms with Crippen LogP contribution in [0.2, 0.25) is 0 Å². The Kier molecular flexibility index (Phi) is 3.33. The molecule has 1 N–H and O–H groups in total. The number of aromatic amines is 1. The summed E-state index contributed by atoms with van der Waals surface area (Å²) in [6.07, 6.45) is 3.13. The molecule has 1 aliphatic carbocycles. The van der Waals surface area contributed by atoms with Crippen molar-refractivity contribution in [1.82, 2.24) is 15.1 Å². The van der Waals surface area contributed by atoms with Gasteiger partial charge < -0.3 is 9.64 Å². The van der Waals surface area contributed by atoms with Gasteiger partial charge in [0, 0.05) is 31.2 Å². The van der Waals surface area contributed by atoms with Crippen molar-refractivity contribution in [2.24, 2.45) is 5.92 Å². The Bertz CT molecular complexity index is 498. The van der Waals surface area contributed by atoms with Crippen molar-refractivity contribution in [3.05, 3.63) is 28.2 Å². The van der Waals surface area contributed by atoms with Gasteiger partial charge in [0.1, 0.15) is 5.69 Å². The summed E-state index contributed by atoms with van der Waals surface area (Å²) in [7, 11) is 0. The van der Waals surface area contributed by atoms with Crippen LogP contribution in [0.15, 0.2) is 16.9 Å². The van der Waals surface area contributed by atoms with Crippen LogP contribution in [0.4, 0.5) is 0 Å². The summed E-state index contributed by atoms with van der Waals surface area (Å²) in [6.45, 7) is 2.24. The summed E-state index contributed by atoms with van der Waals surface area (Å²) in [4.78, 5) is 25.3. The molecule has 0 radical (unpaired) electrons. The van der Waals surface area contributed by atoms with Gasteiger partial charge in [-0.05, 0) is 25.3 Å². The number of amides is 1. The molecular weight excluding hydrogens is 246 g/mol. The zero-order chi connectivity index (χ0) is 13.2. The van der Waals surface area contributed by atoms with Gasteiger partial charge in [-0.1, -0.05) is 0 Å². The molecule has 2 fully saturated rings. The van der Waals surface area contributed by atoms with Gasteiger partial charge in [0.2, 0.25) is 0 Å². The smallest absolute Gasteiger partial charge is 0.274 e. The molecular formula is C13H17N3O3. The Balaban J connectivity index is 1.73. The van der Waals surface area contributed by atoms with E-state index in [1.807, 2.05) is 4.90 Å². The number of hydrogen-bond donors (Lipinski definition) is 1. The molecule has 2 heterocycles. The van der Waals surface area contributed by atoms with Gasteiger partial charge in [-0.3, -0.25) is 9.59 Å². The van der Waals surface area contributed by atoms with Crippen molar-refractivity contribution in [2.75, 3.05) is 19.8 Å². The number of rotatable bonds is 4. The van der Waals surface area contributed by atoms with Crippen LogP contribution in [0.5, 0.6) is 0 Å². The molecule has 1 saturated heterocycles. The first-order chi connectivity index (χ1) is 9.24. The normalized spacial score (nSPS) is 22.4. The van der Waals surface area contributed by atoms with E-state index in [1.165, 1.54) is 12.1 Å². The van der Waals surface area contributed by atoms with Crippen LogP contribution in [0.1, 0.15) is 29.8 Å². The molecule has 0 unspecified atom stereocenters. The second-order valence-corrected chi connectivity index (χ2v) is 5.22. The van der Waals surface area contributed by atoms with Gasteiger partial charge in [0.15, 0.2) is 0 Å². The molecule has 0 aromatic carbocycles. The molecule has 6 nitrogen and oxygen atoms in total. The fraction of sp³-hybridized carbons (Fsp3) is 0.615. The van der Waals surface area contributed by atoms with Gasteiger partial charge in [-0.25, -0.2) is 5.10 Å². The maximum absolute atomic E-state index is 12.4. The lowest BCUT2D eigenvalue weighted by atomic mass is 10.1. The maximum atomic E-state index is 12.4.